The van der Waals surface area contributed by atoms with E-state index in [1.54, 1.807) is 0 Å². The molecule has 2 aliphatic heterocycles. The number of carbonyl (C=O) groups excluding carboxylic acids is 1. The number of rotatable bonds is 1. The highest BCUT2D eigenvalue weighted by Gasteiger charge is 2.42. The van der Waals surface area contributed by atoms with Crippen molar-refractivity contribution >= 4 is 5.91 Å². The normalized spacial score (nSPS) is 36.6. The molecular formula is C11H19NO2. The summed E-state index contributed by atoms with van der Waals surface area (Å²) >= 11 is 0. The van der Waals surface area contributed by atoms with Gasteiger partial charge in [0, 0.05) is 18.0 Å². The zero-order chi connectivity index (χ0) is 10.3. The molecule has 2 unspecified atom stereocenters. The number of piperidine rings is 1. The van der Waals surface area contributed by atoms with Gasteiger partial charge in [-0.25, -0.2) is 0 Å². The van der Waals surface area contributed by atoms with E-state index >= 15 is 0 Å². The van der Waals surface area contributed by atoms with Crippen LogP contribution >= 0.6 is 0 Å². The summed E-state index contributed by atoms with van der Waals surface area (Å²) in [6.45, 7) is 3.90. The maximum atomic E-state index is 11.9. The van der Waals surface area contributed by atoms with Crippen molar-refractivity contribution in [3.8, 4) is 0 Å². The van der Waals surface area contributed by atoms with E-state index in [2.05, 4.69) is 0 Å². The van der Waals surface area contributed by atoms with Crippen LogP contribution < -0.4 is 0 Å². The van der Waals surface area contributed by atoms with Gasteiger partial charge >= 0.3 is 0 Å². The largest absolute Gasteiger partial charge is 0.393 e. The Morgan fingerprint density at radius 2 is 1.79 bits per heavy atom. The average Bonchev–Trinajstić information content (AvgIpc) is 2.37. The van der Waals surface area contributed by atoms with Crippen molar-refractivity contribution in [2.24, 2.45) is 5.92 Å². The van der Waals surface area contributed by atoms with Gasteiger partial charge in [0.25, 0.3) is 0 Å². The maximum absolute atomic E-state index is 11.9. The molecular weight excluding hydrogens is 178 g/mol. The Morgan fingerprint density at radius 3 is 2.21 bits per heavy atom. The summed E-state index contributed by atoms with van der Waals surface area (Å²) in [4.78, 5) is 13.9. The van der Waals surface area contributed by atoms with Crippen molar-refractivity contribution in [3.05, 3.63) is 0 Å². The second-order valence-corrected chi connectivity index (χ2v) is 4.91. The van der Waals surface area contributed by atoms with Gasteiger partial charge in [0.1, 0.15) is 0 Å². The third kappa shape index (κ3) is 1.54. The molecule has 2 bridgehead atoms. The topological polar surface area (TPSA) is 40.5 Å². The second kappa shape index (κ2) is 3.54. The molecule has 2 rings (SSSR count). The first-order valence-electron chi connectivity index (χ1n) is 5.60. The molecule has 0 saturated carbocycles. The highest BCUT2D eigenvalue weighted by atomic mass is 16.3. The average molecular weight is 197 g/mol. The Morgan fingerprint density at radius 1 is 1.29 bits per heavy atom. The molecule has 2 saturated heterocycles. The molecule has 14 heavy (non-hydrogen) atoms. The lowest BCUT2D eigenvalue weighted by Crippen LogP contribution is -2.49. The van der Waals surface area contributed by atoms with E-state index in [0.717, 1.165) is 25.7 Å². The lowest BCUT2D eigenvalue weighted by molar-refractivity contribution is -0.140. The molecule has 1 N–H and O–H groups in total. The van der Waals surface area contributed by atoms with Crippen LogP contribution in [0.3, 0.4) is 0 Å². The monoisotopic (exact) mass is 197 g/mol. The van der Waals surface area contributed by atoms with E-state index in [1.807, 2.05) is 18.7 Å². The molecule has 2 heterocycles. The second-order valence-electron chi connectivity index (χ2n) is 4.91. The minimum atomic E-state index is -0.177. The van der Waals surface area contributed by atoms with Gasteiger partial charge in [-0.2, -0.15) is 0 Å². The third-order valence-electron chi connectivity index (χ3n) is 3.46. The summed E-state index contributed by atoms with van der Waals surface area (Å²) in [5, 5.41) is 9.59. The molecule has 0 aromatic rings. The minimum Gasteiger partial charge on any atom is -0.393 e. The Kier molecular flexibility index (Phi) is 2.52. The van der Waals surface area contributed by atoms with Crippen LogP contribution in [-0.2, 0) is 4.79 Å². The smallest absolute Gasteiger partial charge is 0.225 e. The van der Waals surface area contributed by atoms with Crippen molar-refractivity contribution in [2.45, 2.75) is 57.7 Å². The van der Waals surface area contributed by atoms with Crippen LogP contribution in [0.2, 0.25) is 0 Å². The minimum absolute atomic E-state index is 0.0911. The molecule has 1 amide bonds. The van der Waals surface area contributed by atoms with Crippen molar-refractivity contribution < 1.29 is 9.90 Å². The van der Waals surface area contributed by atoms with Crippen LogP contribution in [0.1, 0.15) is 39.5 Å². The highest BCUT2D eigenvalue weighted by molar-refractivity contribution is 5.79. The van der Waals surface area contributed by atoms with Crippen LogP contribution in [-0.4, -0.2) is 34.1 Å². The highest BCUT2D eigenvalue weighted by Crippen LogP contribution is 2.36. The van der Waals surface area contributed by atoms with Gasteiger partial charge in [0.2, 0.25) is 5.91 Å². The van der Waals surface area contributed by atoms with E-state index in [9.17, 15) is 9.90 Å². The zero-order valence-electron chi connectivity index (χ0n) is 8.94. The molecule has 0 aromatic heterocycles. The van der Waals surface area contributed by atoms with Crippen molar-refractivity contribution in [1.82, 2.24) is 4.90 Å². The Hall–Kier alpha value is -0.570. The Labute approximate surface area is 85.1 Å². The summed E-state index contributed by atoms with van der Waals surface area (Å²) in [5.41, 5.74) is 0. The van der Waals surface area contributed by atoms with E-state index < -0.39 is 0 Å². The molecule has 3 heteroatoms. The van der Waals surface area contributed by atoms with Crippen molar-refractivity contribution in [1.29, 1.82) is 0 Å². The van der Waals surface area contributed by atoms with Gasteiger partial charge in [-0.3, -0.25) is 4.79 Å². The number of amides is 1. The summed E-state index contributed by atoms with van der Waals surface area (Å²) in [6.07, 6.45) is 3.56. The Bertz CT molecular complexity index is 225. The third-order valence-corrected chi connectivity index (χ3v) is 3.46. The molecule has 2 fully saturated rings. The molecule has 0 aliphatic carbocycles. The van der Waals surface area contributed by atoms with Crippen molar-refractivity contribution in [2.75, 3.05) is 0 Å². The van der Waals surface area contributed by atoms with Crippen LogP contribution in [0.15, 0.2) is 0 Å². The number of aliphatic hydroxyl groups excluding tert-OH is 1. The van der Waals surface area contributed by atoms with E-state index in [1.165, 1.54) is 0 Å². The van der Waals surface area contributed by atoms with Gasteiger partial charge in [0.15, 0.2) is 0 Å². The Balaban J connectivity index is 2.11. The van der Waals surface area contributed by atoms with E-state index in [4.69, 9.17) is 0 Å². The first kappa shape index (κ1) is 9.97. The predicted molar refractivity (Wildman–Crippen MR) is 53.7 cm³/mol. The van der Waals surface area contributed by atoms with Crippen molar-refractivity contribution in [3.63, 3.8) is 0 Å². The van der Waals surface area contributed by atoms with E-state index in [0.29, 0.717) is 12.1 Å². The molecule has 0 spiro atoms. The van der Waals surface area contributed by atoms with Gasteiger partial charge < -0.3 is 10.0 Å². The number of fused-ring (bicyclic) bond motifs is 2. The SMILES string of the molecule is CC(C)C(=O)N1C2CCC1CC(O)C2. The van der Waals surface area contributed by atoms with Crippen LogP contribution in [0.4, 0.5) is 0 Å². The first-order chi connectivity index (χ1) is 6.59. The number of carbonyl (C=O) groups is 1. The number of hydrogen-bond donors (Lipinski definition) is 1. The van der Waals surface area contributed by atoms with Crippen LogP contribution in [0, 0.1) is 5.92 Å². The molecule has 0 radical (unpaired) electrons. The molecule has 80 valence electrons. The fourth-order valence-electron chi connectivity index (χ4n) is 2.81. The van der Waals surface area contributed by atoms with Gasteiger partial charge in [-0.1, -0.05) is 13.8 Å². The van der Waals surface area contributed by atoms with E-state index in [-0.39, 0.29) is 17.9 Å². The zero-order valence-corrected chi connectivity index (χ0v) is 8.94. The molecule has 0 aromatic carbocycles. The quantitative estimate of drug-likeness (QED) is 0.685. The predicted octanol–water partition coefficient (Wildman–Crippen LogP) is 1.16. The maximum Gasteiger partial charge on any atom is 0.225 e. The fraction of sp³-hybridized carbons (Fsp3) is 0.909. The van der Waals surface area contributed by atoms with Crippen LogP contribution in [0.5, 0.6) is 0 Å². The van der Waals surface area contributed by atoms with Gasteiger partial charge in [-0.15, -0.1) is 0 Å². The summed E-state index contributed by atoms with van der Waals surface area (Å²) in [7, 11) is 0. The van der Waals surface area contributed by atoms with Gasteiger partial charge in [0.05, 0.1) is 6.10 Å². The molecule has 2 aliphatic rings. The first-order valence-corrected chi connectivity index (χ1v) is 5.60. The van der Waals surface area contributed by atoms with Gasteiger partial charge in [-0.05, 0) is 25.7 Å². The standard InChI is InChI=1S/C11H19NO2/c1-7(2)11(14)12-8-3-4-9(12)6-10(13)5-8/h7-10,13H,3-6H2,1-2H3. The summed E-state index contributed by atoms with van der Waals surface area (Å²) in [5.74, 6) is 0.359. The number of nitrogens with zero attached hydrogens (tertiary/aromatic N) is 1. The molecule has 3 nitrogen and oxygen atoms in total. The number of aliphatic hydroxyl groups is 1. The summed E-state index contributed by atoms with van der Waals surface area (Å²) in [6, 6.07) is 0.636. The summed E-state index contributed by atoms with van der Waals surface area (Å²) < 4.78 is 0. The van der Waals surface area contributed by atoms with Crippen LogP contribution in [0.25, 0.3) is 0 Å². The molecule has 2 atom stereocenters. The lowest BCUT2D eigenvalue weighted by atomic mass is 9.98. The lowest BCUT2D eigenvalue weighted by Gasteiger charge is -2.38. The number of hydrogen-bond acceptors (Lipinski definition) is 2. The fourth-order valence-corrected chi connectivity index (χ4v) is 2.81.